The van der Waals surface area contributed by atoms with Gasteiger partial charge in [0.2, 0.25) is 0 Å². The molecule has 0 saturated heterocycles. The molecule has 0 bridgehead atoms. The van der Waals surface area contributed by atoms with E-state index in [2.05, 4.69) is 5.10 Å². The molecule has 1 atom stereocenters. The van der Waals surface area contributed by atoms with Gasteiger partial charge in [0, 0.05) is 25.9 Å². The highest BCUT2D eigenvalue weighted by Crippen LogP contribution is 2.18. The Labute approximate surface area is 108 Å². The van der Waals surface area contributed by atoms with E-state index in [1.807, 2.05) is 37.2 Å². The van der Waals surface area contributed by atoms with Crippen molar-refractivity contribution in [3.05, 3.63) is 35.7 Å². The number of ketones is 1. The zero-order chi connectivity index (χ0) is 13.7. The maximum Gasteiger partial charge on any atom is 0.177 e. The Hall–Kier alpha value is -1.88. The van der Waals surface area contributed by atoms with Crippen LogP contribution in [-0.2, 0) is 4.79 Å². The molecule has 1 aliphatic heterocycles. The molecule has 0 radical (unpaired) electrons. The molecule has 0 aromatic carbocycles. The number of hydrazone groups is 1. The number of carbonyl (C=O) groups excluding carboxylic acids is 1. The molecule has 18 heavy (non-hydrogen) atoms. The molecule has 0 amide bonds. The Bertz CT molecular complexity index is 430. The first kappa shape index (κ1) is 14.2. The molecule has 5 heteroatoms. The highest BCUT2D eigenvalue weighted by Gasteiger charge is 2.17. The van der Waals surface area contributed by atoms with Crippen molar-refractivity contribution in [1.29, 1.82) is 0 Å². The average molecular weight is 248 g/mol. The van der Waals surface area contributed by atoms with E-state index in [1.54, 1.807) is 31.4 Å². The maximum absolute atomic E-state index is 11.9. The monoisotopic (exact) mass is 248 g/mol. The molecule has 1 rings (SSSR count). The van der Waals surface area contributed by atoms with Gasteiger partial charge >= 0.3 is 0 Å². The van der Waals surface area contributed by atoms with Gasteiger partial charge in [-0.1, -0.05) is 6.08 Å². The van der Waals surface area contributed by atoms with Crippen molar-refractivity contribution >= 4 is 12.1 Å². The summed E-state index contributed by atoms with van der Waals surface area (Å²) in [6.07, 6.45) is 9.05. The van der Waals surface area contributed by atoms with E-state index in [4.69, 9.17) is 5.73 Å². The predicted molar refractivity (Wildman–Crippen MR) is 73.7 cm³/mol. The maximum atomic E-state index is 11.9. The van der Waals surface area contributed by atoms with Crippen LogP contribution in [0.4, 0.5) is 0 Å². The second-order valence-electron chi connectivity index (χ2n) is 4.40. The molecule has 2 N–H and O–H groups in total. The highest BCUT2D eigenvalue weighted by atomic mass is 16.1. The van der Waals surface area contributed by atoms with E-state index in [0.29, 0.717) is 5.57 Å². The van der Waals surface area contributed by atoms with Gasteiger partial charge in [-0.05, 0) is 26.0 Å². The lowest BCUT2D eigenvalue weighted by Gasteiger charge is -2.21. The van der Waals surface area contributed by atoms with Crippen molar-refractivity contribution in [2.45, 2.75) is 19.9 Å². The van der Waals surface area contributed by atoms with Crippen LogP contribution in [0.2, 0.25) is 0 Å². The molecule has 0 saturated carbocycles. The fourth-order valence-corrected chi connectivity index (χ4v) is 1.46. The first-order chi connectivity index (χ1) is 8.43. The molecule has 0 spiro atoms. The smallest absolute Gasteiger partial charge is 0.177 e. The summed E-state index contributed by atoms with van der Waals surface area (Å²) >= 11 is 0. The van der Waals surface area contributed by atoms with E-state index in [0.717, 1.165) is 5.70 Å². The summed E-state index contributed by atoms with van der Waals surface area (Å²) in [4.78, 5) is 13.7. The number of rotatable bonds is 4. The normalized spacial score (nSPS) is 19.3. The Kier molecular flexibility index (Phi) is 4.85. The van der Waals surface area contributed by atoms with E-state index in [9.17, 15) is 4.79 Å². The number of Topliss-reactive ketones (excluding diaryl/α,β-unsaturated/α-hetero) is 1. The van der Waals surface area contributed by atoms with Crippen LogP contribution in [0.3, 0.4) is 0 Å². The third kappa shape index (κ3) is 3.56. The van der Waals surface area contributed by atoms with Crippen LogP contribution < -0.4 is 5.73 Å². The van der Waals surface area contributed by atoms with Crippen molar-refractivity contribution in [3.63, 3.8) is 0 Å². The number of allylic oxidation sites excluding steroid dienone is 3. The summed E-state index contributed by atoms with van der Waals surface area (Å²) in [5.74, 6) is -0.0741. The lowest BCUT2D eigenvalue weighted by molar-refractivity contribution is -0.116. The summed E-state index contributed by atoms with van der Waals surface area (Å²) in [6, 6.07) is -0.503. The molecule has 1 unspecified atom stereocenters. The Morgan fingerprint density at radius 1 is 1.50 bits per heavy atom. The van der Waals surface area contributed by atoms with Crippen LogP contribution in [0, 0.1) is 0 Å². The lowest BCUT2D eigenvalue weighted by atomic mass is 10.0. The van der Waals surface area contributed by atoms with Crippen LogP contribution in [0.15, 0.2) is 40.8 Å². The van der Waals surface area contributed by atoms with Crippen molar-refractivity contribution in [1.82, 2.24) is 9.91 Å². The number of hydrogen-bond donors (Lipinski definition) is 1. The minimum absolute atomic E-state index is 0.0741. The molecule has 1 heterocycles. The van der Waals surface area contributed by atoms with Crippen LogP contribution in [-0.4, -0.2) is 42.2 Å². The topological polar surface area (TPSA) is 61.9 Å². The van der Waals surface area contributed by atoms with Gasteiger partial charge in [0.05, 0.1) is 11.7 Å². The molecule has 0 aromatic rings. The quantitative estimate of drug-likeness (QED) is 0.459. The minimum Gasteiger partial charge on any atom is -0.367 e. The average Bonchev–Trinajstić information content (AvgIpc) is 2.34. The molecule has 0 aromatic heterocycles. The van der Waals surface area contributed by atoms with Gasteiger partial charge in [0.15, 0.2) is 5.78 Å². The van der Waals surface area contributed by atoms with Crippen molar-refractivity contribution < 1.29 is 4.79 Å². The minimum atomic E-state index is -0.503. The zero-order valence-corrected chi connectivity index (χ0v) is 11.3. The highest BCUT2D eigenvalue weighted by molar-refractivity contribution is 5.99. The van der Waals surface area contributed by atoms with Crippen LogP contribution >= 0.6 is 0 Å². The number of hydrogen-bond acceptors (Lipinski definition) is 4. The van der Waals surface area contributed by atoms with Gasteiger partial charge < -0.3 is 10.6 Å². The third-order valence-electron chi connectivity index (χ3n) is 2.41. The summed E-state index contributed by atoms with van der Waals surface area (Å²) < 4.78 is 0. The Morgan fingerprint density at radius 2 is 2.17 bits per heavy atom. The van der Waals surface area contributed by atoms with Crippen LogP contribution in [0.5, 0.6) is 0 Å². The fraction of sp³-hybridized carbons (Fsp3) is 0.385. The number of carbonyl (C=O) groups is 1. The molecule has 0 fully saturated rings. The summed E-state index contributed by atoms with van der Waals surface area (Å²) in [6.45, 7) is 3.45. The number of nitrogens with zero attached hydrogens (tertiary/aromatic N) is 3. The summed E-state index contributed by atoms with van der Waals surface area (Å²) in [7, 11) is 3.77. The van der Waals surface area contributed by atoms with Crippen molar-refractivity contribution in [3.8, 4) is 0 Å². The van der Waals surface area contributed by atoms with Crippen LogP contribution in [0.25, 0.3) is 0 Å². The van der Waals surface area contributed by atoms with E-state index in [-0.39, 0.29) is 5.78 Å². The second kappa shape index (κ2) is 6.16. The van der Waals surface area contributed by atoms with E-state index >= 15 is 0 Å². The molecule has 1 aliphatic rings. The molecule has 0 aliphatic carbocycles. The first-order valence-electron chi connectivity index (χ1n) is 5.78. The van der Waals surface area contributed by atoms with Gasteiger partial charge in [0.25, 0.3) is 0 Å². The van der Waals surface area contributed by atoms with Gasteiger partial charge in [-0.2, -0.15) is 5.10 Å². The van der Waals surface area contributed by atoms with Gasteiger partial charge in [-0.15, -0.1) is 0 Å². The largest absolute Gasteiger partial charge is 0.367 e. The van der Waals surface area contributed by atoms with Gasteiger partial charge in [0.1, 0.15) is 6.34 Å². The lowest BCUT2D eigenvalue weighted by Crippen LogP contribution is -2.29. The number of nitrogens with two attached hydrogens (primary N) is 1. The van der Waals surface area contributed by atoms with E-state index < -0.39 is 6.04 Å². The third-order valence-corrected chi connectivity index (χ3v) is 2.41. The Morgan fingerprint density at radius 3 is 2.72 bits per heavy atom. The molecule has 5 nitrogen and oxygen atoms in total. The van der Waals surface area contributed by atoms with Crippen LogP contribution in [0.1, 0.15) is 13.8 Å². The van der Waals surface area contributed by atoms with Crippen molar-refractivity contribution in [2.75, 3.05) is 14.1 Å². The second-order valence-corrected chi connectivity index (χ2v) is 4.40. The molecular weight excluding hydrogens is 228 g/mol. The Balaban J connectivity index is 3.04. The van der Waals surface area contributed by atoms with Gasteiger partial charge in [-0.25, -0.2) is 5.01 Å². The SMILES string of the molecule is C/C(C(=O)C(C)N)=C1/C=CC=CN1/N=C/N(C)C. The summed E-state index contributed by atoms with van der Waals surface area (Å²) in [5.41, 5.74) is 6.98. The standard InChI is InChI=1S/C13H20N4O/c1-10(13(18)11(2)14)12-7-5-6-8-17(12)15-9-16(3)4/h5-9,11H,14H2,1-4H3/b12-10+,15-9+. The molecular formula is C13H20N4O. The van der Waals surface area contributed by atoms with Crippen molar-refractivity contribution in [2.24, 2.45) is 10.8 Å². The van der Waals surface area contributed by atoms with Gasteiger partial charge in [-0.3, -0.25) is 4.79 Å². The first-order valence-corrected chi connectivity index (χ1v) is 5.78. The molecule has 98 valence electrons. The summed E-state index contributed by atoms with van der Waals surface area (Å²) in [5, 5.41) is 5.93. The van der Waals surface area contributed by atoms with E-state index in [1.165, 1.54) is 0 Å². The fourth-order valence-electron chi connectivity index (χ4n) is 1.46. The predicted octanol–water partition coefficient (Wildman–Crippen LogP) is 1.07. The zero-order valence-electron chi connectivity index (χ0n) is 11.3.